The van der Waals surface area contributed by atoms with Gasteiger partial charge < -0.3 is 9.84 Å². The number of aromatic amines is 1. The molecule has 0 saturated carbocycles. The Kier molecular flexibility index (Phi) is 4.06. The molecule has 0 bridgehead atoms. The molecule has 0 spiro atoms. The van der Waals surface area contributed by atoms with Crippen molar-refractivity contribution in [1.29, 1.82) is 0 Å². The average Bonchev–Trinajstić information content (AvgIpc) is 2.76. The van der Waals surface area contributed by atoms with Gasteiger partial charge in [0.15, 0.2) is 0 Å². The first-order valence-corrected chi connectivity index (χ1v) is 6.29. The van der Waals surface area contributed by atoms with Crippen LogP contribution in [0, 0.1) is 0 Å². The molecule has 5 heteroatoms. The van der Waals surface area contributed by atoms with Crippen molar-refractivity contribution in [3.05, 3.63) is 45.9 Å². The van der Waals surface area contributed by atoms with Crippen LogP contribution in [-0.2, 0) is 12.8 Å². The summed E-state index contributed by atoms with van der Waals surface area (Å²) in [5, 5.41) is 12.1. The Morgan fingerprint density at radius 2 is 2.21 bits per heavy atom. The molecule has 2 aromatic rings. The number of aliphatic hydroxyl groups excluding tert-OH is 1. The smallest absolute Gasteiger partial charge is 0.274 e. The lowest BCUT2D eigenvalue weighted by Gasteiger charge is -2.04. The van der Waals surface area contributed by atoms with Gasteiger partial charge in [-0.1, -0.05) is 13.0 Å². The molecule has 2 rings (SSSR count). The Hall–Kier alpha value is -2.01. The van der Waals surface area contributed by atoms with Crippen molar-refractivity contribution in [1.82, 2.24) is 9.78 Å². The first-order valence-electron chi connectivity index (χ1n) is 6.29. The summed E-state index contributed by atoms with van der Waals surface area (Å²) in [6.07, 6.45) is 1.09. The maximum absolute atomic E-state index is 12.3. The summed E-state index contributed by atoms with van der Waals surface area (Å²) in [6.45, 7) is 1.94. The van der Waals surface area contributed by atoms with E-state index in [1.54, 1.807) is 13.2 Å². The molecule has 0 unspecified atom stereocenters. The monoisotopic (exact) mass is 262 g/mol. The van der Waals surface area contributed by atoms with Gasteiger partial charge in [-0.25, -0.2) is 4.68 Å². The Labute approximate surface area is 111 Å². The molecule has 1 aromatic heterocycles. The number of hydrogen-bond donors (Lipinski definition) is 2. The van der Waals surface area contributed by atoms with Crippen LogP contribution >= 0.6 is 0 Å². The first-order chi connectivity index (χ1) is 9.21. The average molecular weight is 262 g/mol. The lowest BCUT2D eigenvalue weighted by molar-refractivity contribution is 0.299. The SMILES string of the molecule is CCc1[nH]n(-c2cccc(OC)c2)c(=O)c1CCO. The third-order valence-electron chi connectivity index (χ3n) is 3.10. The summed E-state index contributed by atoms with van der Waals surface area (Å²) >= 11 is 0. The molecule has 0 saturated heterocycles. The third-order valence-corrected chi connectivity index (χ3v) is 3.10. The van der Waals surface area contributed by atoms with E-state index >= 15 is 0 Å². The number of H-pyrrole nitrogens is 1. The van der Waals surface area contributed by atoms with Gasteiger partial charge in [-0.05, 0) is 18.6 Å². The molecule has 1 heterocycles. The molecule has 0 aliphatic rings. The van der Waals surface area contributed by atoms with E-state index in [0.29, 0.717) is 17.7 Å². The minimum Gasteiger partial charge on any atom is -0.497 e. The van der Waals surface area contributed by atoms with Crippen LogP contribution in [0.2, 0.25) is 0 Å². The molecule has 5 nitrogen and oxygen atoms in total. The molecule has 0 aliphatic heterocycles. The van der Waals surface area contributed by atoms with Crippen molar-refractivity contribution in [2.45, 2.75) is 19.8 Å². The minimum absolute atomic E-state index is 0.0296. The molecule has 102 valence electrons. The van der Waals surface area contributed by atoms with Crippen LogP contribution in [0.4, 0.5) is 0 Å². The van der Waals surface area contributed by atoms with Crippen molar-refractivity contribution < 1.29 is 9.84 Å². The minimum atomic E-state index is -0.112. The second kappa shape index (κ2) is 5.75. The second-order valence-corrected chi connectivity index (χ2v) is 4.24. The fourth-order valence-electron chi connectivity index (χ4n) is 2.11. The zero-order valence-electron chi connectivity index (χ0n) is 11.1. The number of aliphatic hydroxyl groups is 1. The van der Waals surface area contributed by atoms with Gasteiger partial charge in [-0.2, -0.15) is 0 Å². The number of nitrogens with one attached hydrogen (secondary N) is 1. The zero-order chi connectivity index (χ0) is 13.8. The summed E-state index contributed by atoms with van der Waals surface area (Å²) < 4.78 is 6.65. The van der Waals surface area contributed by atoms with Crippen molar-refractivity contribution in [3.8, 4) is 11.4 Å². The van der Waals surface area contributed by atoms with Crippen molar-refractivity contribution in [3.63, 3.8) is 0 Å². The highest BCUT2D eigenvalue weighted by atomic mass is 16.5. The molecule has 19 heavy (non-hydrogen) atoms. The normalized spacial score (nSPS) is 10.7. The van der Waals surface area contributed by atoms with Crippen molar-refractivity contribution in [2.75, 3.05) is 13.7 Å². The summed E-state index contributed by atoms with van der Waals surface area (Å²) in [4.78, 5) is 12.3. The van der Waals surface area contributed by atoms with Gasteiger partial charge in [0.1, 0.15) is 5.75 Å². The van der Waals surface area contributed by atoms with Crippen LogP contribution in [0.1, 0.15) is 18.2 Å². The highest BCUT2D eigenvalue weighted by Gasteiger charge is 2.13. The summed E-state index contributed by atoms with van der Waals surface area (Å²) in [7, 11) is 1.59. The van der Waals surface area contributed by atoms with E-state index in [0.717, 1.165) is 17.8 Å². The van der Waals surface area contributed by atoms with Gasteiger partial charge in [-0.15, -0.1) is 0 Å². The van der Waals surface area contributed by atoms with Crippen LogP contribution in [0.25, 0.3) is 5.69 Å². The molecular weight excluding hydrogens is 244 g/mol. The van der Waals surface area contributed by atoms with E-state index in [9.17, 15) is 4.79 Å². The maximum atomic E-state index is 12.3. The predicted molar refractivity (Wildman–Crippen MR) is 73.1 cm³/mol. The van der Waals surface area contributed by atoms with Gasteiger partial charge in [0.05, 0.1) is 12.8 Å². The summed E-state index contributed by atoms with van der Waals surface area (Å²) in [5.41, 5.74) is 2.12. The highest BCUT2D eigenvalue weighted by Crippen LogP contribution is 2.15. The number of aromatic nitrogens is 2. The highest BCUT2D eigenvalue weighted by molar-refractivity contribution is 5.39. The Bertz CT molecular complexity index is 613. The number of ether oxygens (including phenoxy) is 1. The maximum Gasteiger partial charge on any atom is 0.274 e. The zero-order valence-corrected chi connectivity index (χ0v) is 11.1. The van der Waals surface area contributed by atoms with Crippen LogP contribution in [0.5, 0.6) is 5.75 Å². The molecule has 0 radical (unpaired) electrons. The quantitative estimate of drug-likeness (QED) is 0.852. The van der Waals surface area contributed by atoms with Gasteiger partial charge in [-0.3, -0.25) is 9.89 Å². The topological polar surface area (TPSA) is 67.2 Å². The number of rotatable bonds is 5. The van der Waals surface area contributed by atoms with E-state index in [2.05, 4.69) is 5.10 Å². The summed E-state index contributed by atoms with van der Waals surface area (Å²) in [6, 6.07) is 7.29. The van der Waals surface area contributed by atoms with Gasteiger partial charge in [0, 0.05) is 30.4 Å². The number of nitrogens with zero attached hydrogens (tertiary/aromatic N) is 1. The van der Waals surface area contributed by atoms with Crippen LogP contribution < -0.4 is 10.3 Å². The Morgan fingerprint density at radius 1 is 1.42 bits per heavy atom. The van der Waals surface area contributed by atoms with Gasteiger partial charge in [0.2, 0.25) is 0 Å². The van der Waals surface area contributed by atoms with Crippen LogP contribution in [-0.4, -0.2) is 28.6 Å². The van der Waals surface area contributed by atoms with Gasteiger partial charge >= 0.3 is 0 Å². The lowest BCUT2D eigenvalue weighted by Crippen LogP contribution is -2.18. The molecule has 0 amide bonds. The van der Waals surface area contributed by atoms with E-state index in [1.807, 2.05) is 25.1 Å². The summed E-state index contributed by atoms with van der Waals surface area (Å²) in [5.74, 6) is 0.695. The van der Waals surface area contributed by atoms with Crippen LogP contribution in [0.3, 0.4) is 0 Å². The van der Waals surface area contributed by atoms with Crippen molar-refractivity contribution >= 4 is 0 Å². The Morgan fingerprint density at radius 3 is 2.84 bits per heavy atom. The van der Waals surface area contributed by atoms with Gasteiger partial charge in [0.25, 0.3) is 5.56 Å². The number of hydrogen-bond acceptors (Lipinski definition) is 3. The first kappa shape index (κ1) is 13.4. The fraction of sp³-hybridized carbons (Fsp3) is 0.357. The lowest BCUT2D eigenvalue weighted by atomic mass is 10.1. The molecule has 0 fully saturated rings. The fourth-order valence-corrected chi connectivity index (χ4v) is 2.11. The van der Waals surface area contributed by atoms with E-state index in [-0.39, 0.29) is 12.2 Å². The standard InChI is InChI=1S/C14H18N2O3/c1-3-13-12(7-8-17)14(18)16(15-13)10-5-4-6-11(9-10)19-2/h4-6,9,15,17H,3,7-8H2,1-2H3. The Balaban J connectivity index is 2.53. The van der Waals surface area contributed by atoms with Crippen molar-refractivity contribution in [2.24, 2.45) is 0 Å². The van der Waals surface area contributed by atoms with E-state index < -0.39 is 0 Å². The third kappa shape index (κ3) is 2.56. The molecule has 0 aliphatic carbocycles. The number of methoxy groups -OCH3 is 1. The molecule has 0 atom stereocenters. The largest absolute Gasteiger partial charge is 0.497 e. The number of aryl methyl sites for hydroxylation is 1. The number of benzene rings is 1. The van der Waals surface area contributed by atoms with Crippen LogP contribution in [0.15, 0.2) is 29.1 Å². The second-order valence-electron chi connectivity index (χ2n) is 4.24. The van der Waals surface area contributed by atoms with E-state index in [4.69, 9.17) is 9.84 Å². The van der Waals surface area contributed by atoms with E-state index in [1.165, 1.54) is 4.68 Å². The predicted octanol–water partition coefficient (Wildman–Crippen LogP) is 1.27. The molecular formula is C14H18N2O3. The molecule has 1 aromatic carbocycles. The molecule has 2 N–H and O–H groups in total.